The Morgan fingerprint density at radius 1 is 1.19 bits per heavy atom. The summed E-state index contributed by atoms with van der Waals surface area (Å²) < 4.78 is 5.77. The number of aliphatic hydroxyl groups excluding tert-OH is 1. The SMILES string of the molecule is CCC(=O)O[C@H]([C@@H](c1ccccc1)[C@@H](O)CC)[Si](C)(C)C. The van der Waals surface area contributed by atoms with E-state index in [0.717, 1.165) is 5.56 Å². The topological polar surface area (TPSA) is 46.5 Å². The summed E-state index contributed by atoms with van der Waals surface area (Å²) in [4.78, 5) is 11.8. The van der Waals surface area contributed by atoms with E-state index >= 15 is 0 Å². The number of rotatable bonds is 7. The van der Waals surface area contributed by atoms with Crippen molar-refractivity contribution in [3.05, 3.63) is 35.9 Å². The lowest BCUT2D eigenvalue weighted by atomic mass is 9.92. The van der Waals surface area contributed by atoms with Crippen LogP contribution in [0.25, 0.3) is 0 Å². The molecule has 1 N–H and O–H groups in total. The van der Waals surface area contributed by atoms with Crippen LogP contribution >= 0.6 is 0 Å². The summed E-state index contributed by atoms with van der Waals surface area (Å²) in [7, 11) is -1.79. The van der Waals surface area contributed by atoms with Gasteiger partial charge in [0.2, 0.25) is 0 Å². The Hall–Kier alpha value is -1.13. The first kappa shape index (κ1) is 17.9. The van der Waals surface area contributed by atoms with Crippen LogP contribution < -0.4 is 0 Å². The fourth-order valence-corrected chi connectivity index (χ4v) is 4.52. The first-order valence-electron chi connectivity index (χ1n) is 7.73. The molecule has 0 amide bonds. The lowest BCUT2D eigenvalue weighted by molar-refractivity contribution is -0.147. The third-order valence-corrected chi connectivity index (χ3v) is 5.93. The summed E-state index contributed by atoms with van der Waals surface area (Å²) >= 11 is 0. The molecule has 0 spiro atoms. The molecule has 3 nitrogen and oxygen atoms in total. The highest BCUT2D eigenvalue weighted by molar-refractivity contribution is 6.77. The Kier molecular flexibility index (Phi) is 6.62. The van der Waals surface area contributed by atoms with Crippen molar-refractivity contribution in [2.75, 3.05) is 0 Å². The molecule has 21 heavy (non-hydrogen) atoms. The maximum absolute atomic E-state index is 11.8. The molecule has 4 heteroatoms. The van der Waals surface area contributed by atoms with E-state index in [1.807, 2.05) is 37.3 Å². The molecule has 1 aromatic carbocycles. The van der Waals surface area contributed by atoms with Crippen LogP contribution in [0.1, 0.15) is 38.2 Å². The third kappa shape index (κ3) is 4.97. The fraction of sp³-hybridized carbons (Fsp3) is 0.588. The average Bonchev–Trinajstić information content (AvgIpc) is 2.46. The molecule has 0 radical (unpaired) electrons. The second-order valence-electron chi connectivity index (χ2n) is 6.54. The molecule has 0 unspecified atom stereocenters. The molecule has 1 aromatic rings. The van der Waals surface area contributed by atoms with E-state index in [1.54, 1.807) is 6.92 Å². The van der Waals surface area contributed by atoms with E-state index in [9.17, 15) is 9.90 Å². The van der Waals surface area contributed by atoms with E-state index in [2.05, 4.69) is 19.6 Å². The monoisotopic (exact) mass is 308 g/mol. The normalized spacial score (nSPS) is 16.1. The zero-order valence-corrected chi connectivity index (χ0v) is 14.8. The van der Waals surface area contributed by atoms with Crippen molar-refractivity contribution in [2.24, 2.45) is 0 Å². The first-order chi connectivity index (χ1) is 9.81. The predicted octanol–water partition coefficient (Wildman–Crippen LogP) is 3.74. The molecule has 0 aromatic heterocycles. The molecule has 1 rings (SSSR count). The van der Waals surface area contributed by atoms with Crippen molar-refractivity contribution in [1.82, 2.24) is 0 Å². The van der Waals surface area contributed by atoms with Crippen LogP contribution in [0, 0.1) is 0 Å². The van der Waals surface area contributed by atoms with Crippen LogP contribution in [-0.2, 0) is 9.53 Å². The van der Waals surface area contributed by atoms with E-state index < -0.39 is 14.2 Å². The van der Waals surface area contributed by atoms with Crippen LogP contribution in [0.15, 0.2) is 30.3 Å². The van der Waals surface area contributed by atoms with Crippen LogP contribution in [0.3, 0.4) is 0 Å². The molecule has 0 saturated carbocycles. The minimum Gasteiger partial charge on any atom is -0.466 e. The third-order valence-electron chi connectivity index (χ3n) is 3.74. The van der Waals surface area contributed by atoms with Crippen molar-refractivity contribution < 1.29 is 14.6 Å². The predicted molar refractivity (Wildman–Crippen MR) is 89.0 cm³/mol. The number of carbonyl (C=O) groups is 1. The lowest BCUT2D eigenvalue weighted by Crippen LogP contribution is -2.49. The van der Waals surface area contributed by atoms with Crippen LogP contribution in [0.4, 0.5) is 0 Å². The Bertz CT molecular complexity index is 439. The van der Waals surface area contributed by atoms with Crippen LogP contribution in [0.2, 0.25) is 19.6 Å². The van der Waals surface area contributed by atoms with Crippen LogP contribution in [0.5, 0.6) is 0 Å². The van der Waals surface area contributed by atoms with Gasteiger partial charge in [0.25, 0.3) is 0 Å². The van der Waals surface area contributed by atoms with Gasteiger partial charge in [0, 0.05) is 12.3 Å². The van der Waals surface area contributed by atoms with Gasteiger partial charge in [0.1, 0.15) is 0 Å². The molecular weight excluding hydrogens is 280 g/mol. The summed E-state index contributed by atoms with van der Waals surface area (Å²) in [6.45, 7) is 10.3. The second kappa shape index (κ2) is 7.76. The minimum atomic E-state index is -1.79. The Labute approximate surface area is 129 Å². The molecule has 0 aliphatic rings. The van der Waals surface area contributed by atoms with E-state index in [0.29, 0.717) is 12.8 Å². The Morgan fingerprint density at radius 2 is 1.76 bits per heavy atom. The van der Waals surface area contributed by atoms with Gasteiger partial charge in [-0.1, -0.05) is 63.8 Å². The van der Waals surface area contributed by atoms with Crippen LogP contribution in [-0.4, -0.2) is 31.0 Å². The lowest BCUT2D eigenvalue weighted by Gasteiger charge is -2.37. The number of aliphatic hydroxyl groups is 1. The van der Waals surface area contributed by atoms with Gasteiger partial charge in [-0.25, -0.2) is 0 Å². The van der Waals surface area contributed by atoms with Crippen molar-refractivity contribution in [3.8, 4) is 0 Å². The molecule has 0 heterocycles. The van der Waals surface area contributed by atoms with E-state index in [-0.39, 0.29) is 17.6 Å². The van der Waals surface area contributed by atoms with Gasteiger partial charge in [-0.05, 0) is 12.0 Å². The maximum Gasteiger partial charge on any atom is 0.305 e. The zero-order valence-electron chi connectivity index (χ0n) is 13.8. The fourth-order valence-electron chi connectivity index (χ4n) is 2.54. The van der Waals surface area contributed by atoms with Gasteiger partial charge < -0.3 is 9.84 Å². The minimum absolute atomic E-state index is 0.154. The summed E-state index contributed by atoms with van der Waals surface area (Å²) in [5, 5.41) is 10.5. The highest BCUT2D eigenvalue weighted by Gasteiger charge is 2.40. The van der Waals surface area contributed by atoms with Crippen molar-refractivity contribution in [3.63, 3.8) is 0 Å². The number of ether oxygens (including phenoxy) is 1. The zero-order chi connectivity index (χ0) is 16.0. The summed E-state index contributed by atoms with van der Waals surface area (Å²) in [6.07, 6.45) is 0.503. The van der Waals surface area contributed by atoms with Gasteiger partial charge in [-0.15, -0.1) is 0 Å². The van der Waals surface area contributed by atoms with Crippen molar-refractivity contribution >= 4 is 14.0 Å². The molecule has 0 fully saturated rings. The molecule has 0 aliphatic heterocycles. The molecule has 118 valence electrons. The molecular formula is C17H28O3Si. The maximum atomic E-state index is 11.8. The summed E-state index contributed by atoms with van der Waals surface area (Å²) in [5.41, 5.74) is 0.825. The molecule has 0 aliphatic carbocycles. The van der Waals surface area contributed by atoms with E-state index in [4.69, 9.17) is 4.74 Å². The van der Waals surface area contributed by atoms with Gasteiger partial charge >= 0.3 is 5.97 Å². The Morgan fingerprint density at radius 3 is 2.19 bits per heavy atom. The van der Waals surface area contributed by atoms with Gasteiger partial charge in [-0.3, -0.25) is 4.79 Å². The number of hydrogen-bond acceptors (Lipinski definition) is 3. The number of esters is 1. The number of carbonyl (C=O) groups excluding carboxylic acids is 1. The molecule has 0 saturated heterocycles. The largest absolute Gasteiger partial charge is 0.466 e. The highest BCUT2D eigenvalue weighted by atomic mass is 28.3. The first-order valence-corrected chi connectivity index (χ1v) is 11.3. The quantitative estimate of drug-likeness (QED) is 0.616. The summed E-state index contributed by atoms with van der Waals surface area (Å²) in [5.74, 6) is -0.343. The second-order valence-corrected chi connectivity index (χ2v) is 11.8. The van der Waals surface area contributed by atoms with Crippen molar-refractivity contribution in [2.45, 2.75) is 64.1 Å². The van der Waals surface area contributed by atoms with Gasteiger partial charge in [0.15, 0.2) is 0 Å². The number of benzene rings is 1. The Balaban J connectivity index is 3.21. The molecule has 0 bridgehead atoms. The van der Waals surface area contributed by atoms with Crippen molar-refractivity contribution in [1.29, 1.82) is 0 Å². The summed E-state index contributed by atoms with van der Waals surface area (Å²) in [6, 6.07) is 9.91. The standard InChI is InChI=1S/C17H28O3Si/c1-6-14(18)16(13-11-9-8-10-12-13)17(21(3,4)5)20-15(19)7-2/h8-12,14,16-18H,6-7H2,1-5H3/t14-,16-,17-/m0/s1. The average molecular weight is 308 g/mol. The van der Waals surface area contributed by atoms with E-state index in [1.165, 1.54) is 0 Å². The smallest absolute Gasteiger partial charge is 0.305 e. The molecule has 3 atom stereocenters. The number of hydrogen-bond donors (Lipinski definition) is 1. The van der Waals surface area contributed by atoms with Gasteiger partial charge in [-0.2, -0.15) is 0 Å². The highest BCUT2D eigenvalue weighted by Crippen LogP contribution is 2.33. The van der Waals surface area contributed by atoms with Gasteiger partial charge in [0.05, 0.1) is 19.9 Å².